The van der Waals surface area contributed by atoms with Crippen LogP contribution in [-0.2, 0) is 6.42 Å². The van der Waals surface area contributed by atoms with Crippen LogP contribution in [0, 0.1) is 21.3 Å². The fourth-order valence-corrected chi connectivity index (χ4v) is 5.00. The number of rotatable bonds is 9. The number of nitrogens with one attached hydrogen (secondary N) is 2. The molecule has 0 saturated heterocycles. The molecule has 0 aromatic carbocycles. The van der Waals surface area contributed by atoms with Crippen LogP contribution in [0.5, 0.6) is 34.5 Å². The number of hydrogen-bond donors (Lipinski definition) is 5. The maximum absolute atomic E-state index is 10.3. The van der Waals surface area contributed by atoms with Crippen LogP contribution in [0.2, 0.25) is 0 Å². The minimum atomic E-state index is -0.146. The molecule has 0 radical (unpaired) electrons. The van der Waals surface area contributed by atoms with Crippen LogP contribution in [0.15, 0.2) is 16.1 Å². The number of anilines is 4. The zero-order chi connectivity index (χ0) is 23.5. The van der Waals surface area contributed by atoms with Gasteiger partial charge in [0.05, 0.1) is 4.88 Å². The monoisotopic (exact) mass is 1310 g/mol. The van der Waals surface area contributed by atoms with Crippen molar-refractivity contribution in [3.8, 4) is 34.5 Å². The Morgan fingerprint density at radius 2 is 1.08 bits per heavy atom. The van der Waals surface area contributed by atoms with Crippen LogP contribution in [0.1, 0.15) is 10.7 Å². The van der Waals surface area contributed by atoms with Crippen LogP contribution < -0.4 is 24.8 Å². The molecule has 4 heterocycles. The number of aromatic nitrogens is 3. The van der Waals surface area contributed by atoms with Crippen LogP contribution >= 0.6 is 34.0 Å². The third kappa shape index (κ3) is 4.95. The fraction of sp³-hybridized carbons (Fsp3) is 0.0526. The maximum atomic E-state index is 10.3. The Bertz CT molecular complexity index is 1120. The molecule has 36 heavy (non-hydrogen) atoms. The van der Waals surface area contributed by atoms with Gasteiger partial charge in [0.25, 0.3) is 0 Å². The number of thiophene rings is 3. The van der Waals surface area contributed by atoms with Gasteiger partial charge in [-0.25, -0.2) is 0 Å². The first-order valence-corrected chi connectivity index (χ1v) is 11.5. The Kier molecular flexibility index (Phi) is 8.33. The van der Waals surface area contributed by atoms with Crippen molar-refractivity contribution in [3.63, 3.8) is 0 Å². The summed E-state index contributed by atoms with van der Waals surface area (Å²) < 4.78 is 14.5. The average molecular weight is 1310 g/mol. The first-order chi connectivity index (χ1) is 15.9. The predicted octanol–water partition coefficient (Wildman–Crippen LogP) is 4.76. The van der Waals surface area contributed by atoms with Crippen molar-refractivity contribution in [1.29, 1.82) is 0 Å². The van der Waals surface area contributed by atoms with E-state index >= 15 is 0 Å². The van der Waals surface area contributed by atoms with Crippen molar-refractivity contribution in [3.05, 3.63) is 48.2 Å². The van der Waals surface area contributed by atoms with Gasteiger partial charge in [-0.2, -0.15) is 36.3 Å². The van der Waals surface area contributed by atoms with Crippen molar-refractivity contribution in [2.45, 2.75) is 6.42 Å². The second-order valence-electron chi connectivity index (χ2n) is 6.19. The Labute approximate surface area is 199 Å². The van der Waals surface area contributed by atoms with Gasteiger partial charge in [0, 0.05) is 22.6 Å². The van der Waals surface area contributed by atoms with E-state index in [0.29, 0.717) is 14.9 Å². The van der Waals surface area contributed by atoms with Gasteiger partial charge in [0.1, 0.15) is 33.1 Å². The van der Waals surface area contributed by atoms with E-state index in [4.69, 9.17) is 14.2 Å². The second-order valence-corrected chi connectivity index (χ2v) is 8.91. The predicted molar refractivity (Wildman–Crippen MR) is 125 cm³/mol. The first kappa shape index (κ1) is 27.5. The van der Waals surface area contributed by atoms with Gasteiger partial charge < -0.3 is 40.2 Å². The van der Waals surface area contributed by atoms with Gasteiger partial charge in [-0.3, -0.25) is 0 Å². The van der Waals surface area contributed by atoms with Crippen LogP contribution in [0.25, 0.3) is 0 Å². The second kappa shape index (κ2) is 10.9. The largest absolute Gasteiger partial charge is 0.662 e. The van der Waals surface area contributed by atoms with E-state index in [2.05, 4.69) is 46.9 Å². The quantitative estimate of drug-likeness (QED) is 0.148. The van der Waals surface area contributed by atoms with Crippen molar-refractivity contribution in [2.75, 3.05) is 10.6 Å². The van der Waals surface area contributed by atoms with Crippen LogP contribution in [0.4, 0.5) is 21.9 Å². The fourth-order valence-electron chi connectivity index (χ4n) is 2.61. The Morgan fingerprint density at radius 3 is 1.47 bits per heavy atom. The van der Waals surface area contributed by atoms with E-state index in [9.17, 15) is 15.3 Å². The summed E-state index contributed by atoms with van der Waals surface area (Å²) in [7, 11) is 9.88. The molecule has 0 atom stereocenters. The summed E-state index contributed by atoms with van der Waals surface area (Å²) in [5.41, 5.74) is 0. The molecular weight excluding hydrogens is 1290 g/mol. The normalized spacial score (nSPS) is 9.86. The maximum Gasteiger partial charge on any atom is 0.233 e. The average Bonchev–Trinajstić information content (AvgIpc) is 3.46. The topological polar surface area (TPSA) is 151 Å². The molecular formula is C19H16N5O6Rf3S3-3. The molecule has 0 bridgehead atoms. The van der Waals surface area contributed by atoms with E-state index in [-0.39, 0.29) is 58.6 Å². The van der Waals surface area contributed by atoms with Gasteiger partial charge in [-0.05, 0) is 0 Å². The van der Waals surface area contributed by atoms with Gasteiger partial charge in [-0.15, -0.1) is 34.0 Å². The summed E-state index contributed by atoms with van der Waals surface area (Å²) in [4.78, 5) is 13.6. The molecule has 0 aliphatic rings. The Balaban J connectivity index is 0.00000216. The molecule has 4 aromatic rings. The molecule has 0 amide bonds. The molecule has 11 nitrogen and oxygen atoms in total. The van der Waals surface area contributed by atoms with Gasteiger partial charge in [0.15, 0.2) is 17.2 Å². The third-order valence-corrected chi connectivity index (χ3v) is 6.87. The number of ether oxygens (including phenoxy) is 3. The molecule has 4 rings (SSSR count). The van der Waals surface area contributed by atoms with Gasteiger partial charge >= 0.3 is 0 Å². The number of hydrogen-bond acceptors (Lipinski definition) is 14. The van der Waals surface area contributed by atoms with Gasteiger partial charge in [0.2, 0.25) is 11.9 Å². The number of nitrogens with zero attached hydrogens (tertiary/aromatic N) is 3. The standard InChI is InChI=1S/C19H16N5O6S3.3Rf/c1-28-8-5-31-11(13(8)25)4-12-20-18(22-16-14(26)9(29-2)6-32-16)24-19(21-12)23-17-15(27)10(30-3)7-33-17;;;/h5-7,25-27H,1-4H2,(H2,20,21,22,23,24);;;/q-3;;;. The summed E-state index contributed by atoms with van der Waals surface area (Å²) in [5.74, 6) is 0.786. The van der Waals surface area contributed by atoms with Crippen molar-refractivity contribution in [1.82, 2.24) is 15.0 Å². The van der Waals surface area contributed by atoms with E-state index < -0.39 is 0 Å². The molecule has 0 unspecified atom stereocenters. The van der Waals surface area contributed by atoms with E-state index in [1.807, 2.05) is 0 Å². The zero-order valence-corrected chi connectivity index (χ0v) is 40.5. The molecule has 5 N–H and O–H groups in total. The number of aromatic hydroxyl groups is 3. The summed E-state index contributed by atoms with van der Waals surface area (Å²) >= 11 is 3.58. The summed E-state index contributed by atoms with van der Waals surface area (Å²) in [6, 6.07) is 0. The first-order valence-electron chi connectivity index (χ1n) is 8.88. The summed E-state index contributed by atoms with van der Waals surface area (Å²) in [5, 5.41) is 42.0. The molecule has 0 saturated carbocycles. The van der Waals surface area contributed by atoms with E-state index in [1.54, 1.807) is 16.1 Å². The van der Waals surface area contributed by atoms with Crippen molar-refractivity contribution >= 4 is 55.9 Å². The van der Waals surface area contributed by atoms with Crippen LogP contribution in [-0.4, -0.2) is 30.3 Å². The minimum absolute atomic E-state index is 0. The van der Waals surface area contributed by atoms with Crippen molar-refractivity contribution < 1.29 is 29.5 Å². The summed E-state index contributed by atoms with van der Waals surface area (Å²) in [6.07, 6.45) is 0.152. The van der Waals surface area contributed by atoms with E-state index in [1.165, 1.54) is 11.3 Å². The SMILES string of the molecule is [CH2-]Oc1csc(Cc2nc(Nc3scc(O[CH2-])c3O)nc(Nc3scc(O[CH2-])c3O)n2)c1O.[Rf].[Rf].[Rf]. The van der Waals surface area contributed by atoms with Gasteiger partial charge in [-0.1, -0.05) is 0 Å². The zero-order valence-electron chi connectivity index (χ0n) is 18.8. The van der Waals surface area contributed by atoms with Crippen LogP contribution in [0.3, 0.4) is 0 Å². The molecule has 0 aliphatic heterocycles. The molecule has 0 spiro atoms. The Morgan fingerprint density at radius 1 is 0.667 bits per heavy atom. The molecule has 0 fully saturated rings. The van der Waals surface area contributed by atoms with Crippen molar-refractivity contribution in [2.24, 2.45) is 0 Å². The smallest absolute Gasteiger partial charge is 0.233 e. The molecule has 17 heteroatoms. The Hall–Kier alpha value is -6.49. The molecule has 180 valence electrons. The summed E-state index contributed by atoms with van der Waals surface area (Å²) in [6.45, 7) is 0. The van der Waals surface area contributed by atoms with E-state index in [0.717, 1.165) is 22.7 Å². The third-order valence-electron chi connectivity index (χ3n) is 4.19. The molecule has 4 aromatic heterocycles. The minimum Gasteiger partial charge on any atom is -0.662 e. The molecule has 0 aliphatic carbocycles.